The lowest BCUT2D eigenvalue weighted by Crippen LogP contribution is -2.15. The lowest BCUT2D eigenvalue weighted by atomic mass is 10.1. The van der Waals surface area contributed by atoms with Crippen molar-refractivity contribution in [2.45, 2.75) is 13.8 Å². The molecule has 0 saturated carbocycles. The number of aromatic amines is 1. The van der Waals surface area contributed by atoms with Gasteiger partial charge in [-0.15, -0.1) is 0 Å². The van der Waals surface area contributed by atoms with E-state index in [-0.39, 0.29) is 19.0 Å². The normalized spacial score (nSPS) is 10.7. The fourth-order valence-corrected chi connectivity index (χ4v) is 2.64. The van der Waals surface area contributed by atoms with Crippen molar-refractivity contribution in [2.75, 3.05) is 13.2 Å². The van der Waals surface area contributed by atoms with E-state index in [9.17, 15) is 4.79 Å². The molecule has 0 aliphatic rings. The van der Waals surface area contributed by atoms with E-state index in [1.807, 2.05) is 44.2 Å². The van der Waals surface area contributed by atoms with Gasteiger partial charge in [0.25, 0.3) is 0 Å². The zero-order chi connectivity index (χ0) is 17.8. The molecule has 0 aliphatic carbocycles. The molecule has 0 bridgehead atoms. The number of rotatable bonds is 5. The highest BCUT2D eigenvalue weighted by molar-refractivity contribution is 5.67. The van der Waals surface area contributed by atoms with Crippen LogP contribution in [0.1, 0.15) is 11.1 Å². The predicted octanol–water partition coefficient (Wildman–Crippen LogP) is 2.49. The number of nitrogens with zero attached hydrogens (tertiary/aromatic N) is 2. The highest BCUT2D eigenvalue weighted by Crippen LogP contribution is 2.28. The molecule has 2 N–H and O–H groups in total. The minimum atomic E-state index is -0.475. The summed E-state index contributed by atoms with van der Waals surface area (Å²) in [6.45, 7) is 4.04. The zero-order valence-electron chi connectivity index (χ0n) is 14.1. The average molecular weight is 337 g/mol. The molecule has 0 amide bonds. The number of benzene rings is 2. The first-order valence-electron chi connectivity index (χ1n) is 7.97. The third-order valence-electron chi connectivity index (χ3n) is 3.76. The summed E-state index contributed by atoms with van der Waals surface area (Å²) in [5, 5.41) is 8.97. The fourth-order valence-electron chi connectivity index (χ4n) is 2.64. The van der Waals surface area contributed by atoms with Gasteiger partial charge in [0.15, 0.2) is 5.82 Å². The maximum absolute atomic E-state index is 12.1. The first-order valence-corrected chi connectivity index (χ1v) is 7.97. The number of ether oxygens (including phenoxy) is 1. The Balaban J connectivity index is 2.11. The van der Waals surface area contributed by atoms with Crippen LogP contribution in [0.25, 0.3) is 22.8 Å². The maximum atomic E-state index is 12.1. The minimum Gasteiger partial charge on any atom is -0.490 e. The molecule has 6 heteroatoms. The summed E-state index contributed by atoms with van der Waals surface area (Å²) < 4.78 is 5.52. The SMILES string of the molecule is Cc1ccc(-c2nc(-c3ccccc3OCCO)nc(=O)[nH]2)c(C)c1. The highest BCUT2D eigenvalue weighted by atomic mass is 16.5. The third kappa shape index (κ3) is 3.75. The van der Waals surface area contributed by atoms with E-state index >= 15 is 0 Å². The van der Waals surface area contributed by atoms with E-state index in [1.54, 1.807) is 12.1 Å². The summed E-state index contributed by atoms with van der Waals surface area (Å²) >= 11 is 0. The molecule has 25 heavy (non-hydrogen) atoms. The topological polar surface area (TPSA) is 88.1 Å². The molecule has 0 aliphatic heterocycles. The lowest BCUT2D eigenvalue weighted by Gasteiger charge is -2.11. The Morgan fingerprint density at radius 2 is 1.88 bits per heavy atom. The summed E-state index contributed by atoms with van der Waals surface area (Å²) in [4.78, 5) is 23.3. The molecule has 1 aromatic heterocycles. The number of hydrogen-bond acceptors (Lipinski definition) is 5. The van der Waals surface area contributed by atoms with Crippen molar-refractivity contribution in [2.24, 2.45) is 0 Å². The Morgan fingerprint density at radius 3 is 2.64 bits per heavy atom. The molecule has 0 radical (unpaired) electrons. The molecule has 6 nitrogen and oxygen atoms in total. The Labute approximate surface area is 145 Å². The van der Waals surface area contributed by atoms with Crippen LogP contribution in [0.3, 0.4) is 0 Å². The van der Waals surface area contributed by atoms with Crippen LogP contribution in [0.4, 0.5) is 0 Å². The summed E-state index contributed by atoms with van der Waals surface area (Å²) in [6.07, 6.45) is 0. The molecular formula is C19H19N3O3. The van der Waals surface area contributed by atoms with Crippen LogP contribution in [0.2, 0.25) is 0 Å². The number of para-hydroxylation sites is 1. The number of aryl methyl sites for hydroxylation is 2. The van der Waals surface area contributed by atoms with Gasteiger partial charge in [-0.25, -0.2) is 9.78 Å². The molecule has 128 valence electrons. The van der Waals surface area contributed by atoms with Gasteiger partial charge >= 0.3 is 5.69 Å². The predicted molar refractivity (Wildman–Crippen MR) is 95.6 cm³/mol. The van der Waals surface area contributed by atoms with Crippen molar-refractivity contribution in [1.82, 2.24) is 15.0 Å². The van der Waals surface area contributed by atoms with Gasteiger partial charge in [-0.1, -0.05) is 35.9 Å². The van der Waals surface area contributed by atoms with Crippen LogP contribution in [0.5, 0.6) is 5.75 Å². The smallest absolute Gasteiger partial charge is 0.348 e. The van der Waals surface area contributed by atoms with Crippen LogP contribution in [0.15, 0.2) is 47.3 Å². The van der Waals surface area contributed by atoms with Crippen molar-refractivity contribution in [3.8, 4) is 28.5 Å². The van der Waals surface area contributed by atoms with Crippen molar-refractivity contribution in [1.29, 1.82) is 0 Å². The van der Waals surface area contributed by atoms with Crippen molar-refractivity contribution in [3.63, 3.8) is 0 Å². The van der Waals surface area contributed by atoms with Crippen molar-refractivity contribution in [3.05, 3.63) is 64.1 Å². The van der Waals surface area contributed by atoms with E-state index in [2.05, 4.69) is 15.0 Å². The molecule has 0 atom stereocenters. The van der Waals surface area contributed by atoms with Gasteiger partial charge in [-0.05, 0) is 31.5 Å². The van der Waals surface area contributed by atoms with Crippen LogP contribution in [0, 0.1) is 13.8 Å². The second kappa shape index (κ2) is 7.27. The number of H-pyrrole nitrogens is 1. The van der Waals surface area contributed by atoms with Gasteiger partial charge in [0.1, 0.15) is 18.2 Å². The van der Waals surface area contributed by atoms with E-state index < -0.39 is 5.69 Å². The van der Waals surface area contributed by atoms with Gasteiger partial charge in [-0.2, -0.15) is 4.98 Å². The number of aliphatic hydroxyl groups excluding tert-OH is 1. The van der Waals surface area contributed by atoms with E-state index in [0.717, 1.165) is 16.7 Å². The quantitative estimate of drug-likeness (QED) is 0.747. The van der Waals surface area contributed by atoms with Crippen LogP contribution >= 0.6 is 0 Å². The molecule has 0 fully saturated rings. The third-order valence-corrected chi connectivity index (χ3v) is 3.76. The second-order valence-corrected chi connectivity index (χ2v) is 5.71. The Kier molecular flexibility index (Phi) is 4.90. The zero-order valence-corrected chi connectivity index (χ0v) is 14.1. The van der Waals surface area contributed by atoms with Crippen LogP contribution in [-0.4, -0.2) is 33.3 Å². The summed E-state index contributed by atoms with van der Waals surface area (Å²) in [6, 6.07) is 13.1. The number of nitrogens with one attached hydrogen (secondary N) is 1. The van der Waals surface area contributed by atoms with Gasteiger partial charge < -0.3 is 9.84 Å². The van der Waals surface area contributed by atoms with Gasteiger partial charge in [0, 0.05) is 5.56 Å². The Morgan fingerprint density at radius 1 is 1.08 bits per heavy atom. The monoisotopic (exact) mass is 337 g/mol. The van der Waals surface area contributed by atoms with Crippen molar-refractivity contribution < 1.29 is 9.84 Å². The molecule has 3 aromatic rings. The van der Waals surface area contributed by atoms with E-state index in [0.29, 0.717) is 17.1 Å². The maximum Gasteiger partial charge on any atom is 0.348 e. The van der Waals surface area contributed by atoms with Gasteiger partial charge in [0.05, 0.1) is 12.2 Å². The molecule has 2 aromatic carbocycles. The first kappa shape index (κ1) is 16.9. The molecule has 3 rings (SSSR count). The highest BCUT2D eigenvalue weighted by Gasteiger charge is 2.13. The van der Waals surface area contributed by atoms with Crippen molar-refractivity contribution >= 4 is 0 Å². The Bertz CT molecular complexity index is 951. The van der Waals surface area contributed by atoms with E-state index in [1.165, 1.54) is 0 Å². The second-order valence-electron chi connectivity index (χ2n) is 5.71. The fraction of sp³-hybridized carbons (Fsp3) is 0.211. The summed E-state index contributed by atoms with van der Waals surface area (Å²) in [5.41, 5.74) is 3.14. The molecule has 0 spiro atoms. The largest absolute Gasteiger partial charge is 0.490 e. The number of aliphatic hydroxyl groups is 1. The first-order chi connectivity index (χ1) is 12.1. The summed E-state index contributed by atoms with van der Waals surface area (Å²) in [5.74, 6) is 1.27. The lowest BCUT2D eigenvalue weighted by molar-refractivity contribution is 0.202. The molecule has 0 saturated heterocycles. The number of aromatic nitrogens is 3. The molecule has 0 unspecified atom stereocenters. The Hall–Kier alpha value is -2.99. The minimum absolute atomic E-state index is 0.0988. The van der Waals surface area contributed by atoms with Crippen LogP contribution < -0.4 is 10.4 Å². The molecule has 1 heterocycles. The van der Waals surface area contributed by atoms with Gasteiger partial charge in [0.2, 0.25) is 0 Å². The molecular weight excluding hydrogens is 318 g/mol. The van der Waals surface area contributed by atoms with E-state index in [4.69, 9.17) is 9.84 Å². The van der Waals surface area contributed by atoms with Crippen LogP contribution in [-0.2, 0) is 0 Å². The number of hydrogen-bond donors (Lipinski definition) is 2. The standard InChI is InChI=1S/C19H19N3O3/c1-12-7-8-14(13(2)11-12)17-20-18(22-19(24)21-17)15-5-3-4-6-16(15)25-10-9-23/h3-8,11,23H,9-10H2,1-2H3,(H,20,21,22,24). The average Bonchev–Trinajstić information content (AvgIpc) is 2.59. The summed E-state index contributed by atoms with van der Waals surface area (Å²) in [7, 11) is 0. The van der Waals surface area contributed by atoms with Gasteiger partial charge in [-0.3, -0.25) is 4.98 Å².